The normalized spacial score (nSPS) is 15.3. The van der Waals surface area contributed by atoms with Gasteiger partial charge in [0.15, 0.2) is 0 Å². The van der Waals surface area contributed by atoms with E-state index in [0.717, 1.165) is 25.1 Å². The molecule has 150 valence electrons. The summed E-state index contributed by atoms with van der Waals surface area (Å²) >= 11 is 5.92. The quantitative estimate of drug-likeness (QED) is 0.769. The molecule has 0 spiro atoms. The predicted molar refractivity (Wildman–Crippen MR) is 103 cm³/mol. The average molecular weight is 407 g/mol. The number of phenols is 1. The number of aromatic hydroxyl groups is 1. The third kappa shape index (κ3) is 5.05. The molecule has 1 fully saturated rings. The van der Waals surface area contributed by atoms with Crippen LogP contribution < -0.4 is 0 Å². The van der Waals surface area contributed by atoms with Crippen LogP contribution in [0.2, 0.25) is 5.02 Å². The predicted octanol–water partition coefficient (Wildman–Crippen LogP) is 2.70. The molecule has 1 amide bonds. The van der Waals surface area contributed by atoms with Crippen molar-refractivity contribution in [1.29, 1.82) is 0 Å². The lowest BCUT2D eigenvalue weighted by atomic mass is 10.1. The van der Waals surface area contributed by atoms with Gasteiger partial charge in [0.05, 0.1) is 25.1 Å². The third-order valence-electron chi connectivity index (χ3n) is 4.74. The maximum absolute atomic E-state index is 12.6. The van der Waals surface area contributed by atoms with Crippen molar-refractivity contribution in [2.24, 2.45) is 0 Å². The Bertz CT molecular complexity index is 851. The van der Waals surface area contributed by atoms with E-state index in [-0.39, 0.29) is 28.9 Å². The fraction of sp³-hybridized carbons (Fsp3) is 0.400. The van der Waals surface area contributed by atoms with Gasteiger partial charge in [-0.2, -0.15) is 0 Å². The van der Waals surface area contributed by atoms with E-state index >= 15 is 0 Å². The number of halogens is 1. The van der Waals surface area contributed by atoms with Gasteiger partial charge in [-0.15, -0.1) is 0 Å². The highest BCUT2D eigenvalue weighted by atomic mass is 35.5. The number of phenolic OH excluding ortho intramolecular Hbond substituents is 1. The summed E-state index contributed by atoms with van der Waals surface area (Å²) in [4.78, 5) is 28.2. The molecule has 1 saturated heterocycles. The first kappa shape index (κ1) is 20.2. The molecule has 2 aromatic rings. The zero-order valence-corrected chi connectivity index (χ0v) is 16.4. The summed E-state index contributed by atoms with van der Waals surface area (Å²) < 4.78 is 10.2. The lowest BCUT2D eigenvalue weighted by molar-refractivity contribution is -0.130. The number of benzene rings is 1. The lowest BCUT2D eigenvalue weighted by Crippen LogP contribution is -2.36. The Morgan fingerprint density at radius 2 is 2.00 bits per heavy atom. The Labute approximate surface area is 168 Å². The number of carbonyl (C=O) groups excluding carboxylic acids is 2. The summed E-state index contributed by atoms with van der Waals surface area (Å²) in [5.74, 6) is 0.440. The molecule has 1 N–H and O–H groups in total. The molecule has 0 saturated carbocycles. The van der Waals surface area contributed by atoms with Gasteiger partial charge in [-0.05, 0) is 36.2 Å². The minimum Gasteiger partial charge on any atom is -0.506 e. The van der Waals surface area contributed by atoms with E-state index in [0.29, 0.717) is 25.4 Å². The molecule has 0 unspecified atom stereocenters. The van der Waals surface area contributed by atoms with Gasteiger partial charge in [-0.1, -0.05) is 17.7 Å². The Balaban J connectivity index is 1.54. The summed E-state index contributed by atoms with van der Waals surface area (Å²) in [5, 5.41) is 9.74. The third-order valence-corrected chi connectivity index (χ3v) is 5.04. The highest BCUT2D eigenvalue weighted by Crippen LogP contribution is 2.24. The molecular formula is C20H23ClN2O5. The number of furan rings is 1. The van der Waals surface area contributed by atoms with Crippen molar-refractivity contribution in [3.05, 3.63) is 52.4 Å². The van der Waals surface area contributed by atoms with Crippen LogP contribution in [-0.2, 0) is 22.5 Å². The summed E-state index contributed by atoms with van der Waals surface area (Å²) in [6.45, 7) is 3.44. The van der Waals surface area contributed by atoms with Crippen molar-refractivity contribution in [2.45, 2.75) is 19.4 Å². The number of hydrogen-bond acceptors (Lipinski definition) is 6. The van der Waals surface area contributed by atoms with Crippen molar-refractivity contribution in [3.8, 4) is 5.75 Å². The van der Waals surface area contributed by atoms with Crippen molar-refractivity contribution < 1.29 is 23.8 Å². The molecule has 2 heterocycles. The van der Waals surface area contributed by atoms with Crippen LogP contribution in [0.15, 0.2) is 34.7 Å². The minimum atomic E-state index is -0.492. The van der Waals surface area contributed by atoms with Crippen LogP contribution in [0.5, 0.6) is 5.75 Å². The number of carbonyl (C=O) groups is 2. The highest BCUT2D eigenvalue weighted by molar-refractivity contribution is 6.32. The first-order valence-electron chi connectivity index (χ1n) is 9.11. The Morgan fingerprint density at radius 3 is 2.75 bits per heavy atom. The maximum atomic E-state index is 12.6. The molecular weight excluding hydrogens is 384 g/mol. The lowest BCUT2D eigenvalue weighted by Gasteiger charge is -2.21. The Hall–Kier alpha value is -2.51. The van der Waals surface area contributed by atoms with Crippen LogP contribution in [0, 0.1) is 0 Å². The molecule has 0 atom stereocenters. The van der Waals surface area contributed by atoms with Crippen LogP contribution in [0.3, 0.4) is 0 Å². The van der Waals surface area contributed by atoms with Gasteiger partial charge in [0.25, 0.3) is 0 Å². The number of methoxy groups -OCH3 is 1. The molecule has 1 aliphatic rings. The molecule has 0 bridgehead atoms. The van der Waals surface area contributed by atoms with E-state index in [1.165, 1.54) is 13.2 Å². The van der Waals surface area contributed by atoms with Gasteiger partial charge in [-0.3, -0.25) is 9.69 Å². The fourth-order valence-electron chi connectivity index (χ4n) is 3.22. The van der Waals surface area contributed by atoms with E-state index in [1.54, 1.807) is 24.3 Å². The van der Waals surface area contributed by atoms with Crippen LogP contribution in [0.4, 0.5) is 0 Å². The number of nitrogens with zero attached hydrogens (tertiary/aromatic N) is 2. The van der Waals surface area contributed by atoms with Crippen LogP contribution in [0.1, 0.15) is 28.3 Å². The van der Waals surface area contributed by atoms with E-state index in [1.807, 2.05) is 4.90 Å². The van der Waals surface area contributed by atoms with Gasteiger partial charge in [0.1, 0.15) is 11.5 Å². The summed E-state index contributed by atoms with van der Waals surface area (Å²) in [5.41, 5.74) is 0.778. The molecule has 1 aromatic heterocycles. The monoisotopic (exact) mass is 406 g/mol. The second-order valence-corrected chi connectivity index (χ2v) is 7.14. The number of rotatable bonds is 5. The zero-order valence-electron chi connectivity index (χ0n) is 15.7. The number of hydrogen-bond donors (Lipinski definition) is 1. The summed E-state index contributed by atoms with van der Waals surface area (Å²) in [6, 6.07) is 8.21. The zero-order chi connectivity index (χ0) is 20.1. The van der Waals surface area contributed by atoms with Gasteiger partial charge < -0.3 is 19.2 Å². The first-order valence-corrected chi connectivity index (χ1v) is 9.48. The van der Waals surface area contributed by atoms with Gasteiger partial charge in [0.2, 0.25) is 11.7 Å². The highest BCUT2D eigenvalue weighted by Gasteiger charge is 2.21. The van der Waals surface area contributed by atoms with Crippen LogP contribution in [0.25, 0.3) is 0 Å². The standard InChI is InChI=1S/C20H23ClN2O5/c1-27-20(26)18-6-4-15(28-18)13-22-7-2-8-23(10-9-22)19(25)12-14-3-5-17(24)16(21)11-14/h3-6,11,24H,2,7-10,12-13H2,1H3. The van der Waals surface area contributed by atoms with E-state index in [2.05, 4.69) is 9.64 Å². The smallest absolute Gasteiger partial charge is 0.373 e. The van der Waals surface area contributed by atoms with E-state index in [9.17, 15) is 14.7 Å². The summed E-state index contributed by atoms with van der Waals surface area (Å²) in [6.07, 6.45) is 1.10. The van der Waals surface area contributed by atoms with Gasteiger partial charge in [0, 0.05) is 26.2 Å². The van der Waals surface area contributed by atoms with Crippen LogP contribution in [-0.4, -0.2) is 60.1 Å². The molecule has 0 radical (unpaired) electrons. The van der Waals surface area contributed by atoms with Crippen molar-refractivity contribution in [1.82, 2.24) is 9.80 Å². The second kappa shape index (κ2) is 9.12. The maximum Gasteiger partial charge on any atom is 0.373 e. The molecule has 8 heteroatoms. The Kier molecular flexibility index (Phi) is 6.59. The number of ether oxygens (including phenoxy) is 1. The van der Waals surface area contributed by atoms with Crippen molar-refractivity contribution in [3.63, 3.8) is 0 Å². The largest absolute Gasteiger partial charge is 0.506 e. The molecule has 7 nitrogen and oxygen atoms in total. The molecule has 1 aliphatic heterocycles. The fourth-order valence-corrected chi connectivity index (χ4v) is 3.42. The van der Waals surface area contributed by atoms with Gasteiger partial charge >= 0.3 is 5.97 Å². The molecule has 3 rings (SSSR count). The van der Waals surface area contributed by atoms with Crippen molar-refractivity contribution >= 4 is 23.5 Å². The molecule has 28 heavy (non-hydrogen) atoms. The SMILES string of the molecule is COC(=O)c1ccc(CN2CCCN(C(=O)Cc3ccc(O)c(Cl)c3)CC2)o1. The molecule has 1 aromatic carbocycles. The number of esters is 1. The topological polar surface area (TPSA) is 83.2 Å². The Morgan fingerprint density at radius 1 is 1.18 bits per heavy atom. The average Bonchev–Trinajstić information content (AvgIpc) is 3.02. The minimum absolute atomic E-state index is 0.0107. The van der Waals surface area contributed by atoms with Crippen molar-refractivity contribution in [2.75, 3.05) is 33.3 Å². The van der Waals surface area contributed by atoms with Crippen LogP contribution >= 0.6 is 11.6 Å². The van der Waals surface area contributed by atoms with Gasteiger partial charge in [-0.25, -0.2) is 4.79 Å². The first-order chi connectivity index (χ1) is 13.5. The second-order valence-electron chi connectivity index (χ2n) is 6.73. The number of amides is 1. The van der Waals surface area contributed by atoms with E-state index in [4.69, 9.17) is 16.0 Å². The summed E-state index contributed by atoms with van der Waals surface area (Å²) in [7, 11) is 1.32. The van der Waals surface area contributed by atoms with E-state index < -0.39 is 5.97 Å². The molecule has 0 aliphatic carbocycles.